The van der Waals surface area contributed by atoms with Gasteiger partial charge in [0, 0.05) is 0 Å². The lowest BCUT2D eigenvalue weighted by molar-refractivity contribution is 0.242. The third-order valence-corrected chi connectivity index (χ3v) is 3.82. The summed E-state index contributed by atoms with van der Waals surface area (Å²) in [7, 11) is 0. The fourth-order valence-corrected chi connectivity index (χ4v) is 2.39. The molecule has 1 rings (SSSR count). The summed E-state index contributed by atoms with van der Waals surface area (Å²) in [6.45, 7) is 2.43. The van der Waals surface area contributed by atoms with Gasteiger partial charge in [0.15, 0.2) is 0 Å². The van der Waals surface area contributed by atoms with Gasteiger partial charge in [0.2, 0.25) is 0 Å². The third kappa shape index (κ3) is 9.33. The van der Waals surface area contributed by atoms with Crippen molar-refractivity contribution in [2.24, 2.45) is 0 Å². The van der Waals surface area contributed by atoms with Crippen molar-refractivity contribution >= 4 is 0 Å². The van der Waals surface area contributed by atoms with E-state index in [2.05, 4.69) is 31.2 Å². The molecular formula is C18H32O2. The molecule has 2 nitrogen and oxygen atoms in total. The van der Waals surface area contributed by atoms with Gasteiger partial charge in [0.05, 0.1) is 12.7 Å². The van der Waals surface area contributed by atoms with Gasteiger partial charge in [-0.25, -0.2) is 0 Å². The van der Waals surface area contributed by atoms with Crippen molar-refractivity contribution in [1.29, 1.82) is 0 Å². The summed E-state index contributed by atoms with van der Waals surface area (Å²) in [6.07, 6.45) is 22.2. The minimum atomic E-state index is 0.104. The molecule has 0 amide bonds. The van der Waals surface area contributed by atoms with Crippen LogP contribution in [-0.4, -0.2) is 23.9 Å². The van der Waals surface area contributed by atoms with E-state index in [0.717, 1.165) is 12.8 Å². The average molecular weight is 280 g/mol. The smallest absolute Gasteiger partial charge is 0.107 e. The van der Waals surface area contributed by atoms with E-state index in [0.29, 0.717) is 0 Å². The molecule has 20 heavy (non-hydrogen) atoms. The molecule has 1 fully saturated rings. The number of allylic oxidation sites excluding steroid dienone is 3. The van der Waals surface area contributed by atoms with Gasteiger partial charge in [0.1, 0.15) is 6.10 Å². The fraction of sp³-hybridized carbons (Fsp3) is 0.778. The summed E-state index contributed by atoms with van der Waals surface area (Å²) < 4.78 is 5.25. The fourth-order valence-electron chi connectivity index (χ4n) is 2.39. The highest BCUT2D eigenvalue weighted by Gasteiger charge is 2.36. The molecule has 0 unspecified atom stereocenters. The first-order valence-electron chi connectivity index (χ1n) is 8.44. The van der Waals surface area contributed by atoms with Gasteiger partial charge < -0.3 is 9.84 Å². The van der Waals surface area contributed by atoms with Gasteiger partial charge in [-0.05, 0) is 25.7 Å². The van der Waals surface area contributed by atoms with Crippen LogP contribution in [0.1, 0.15) is 71.1 Å². The molecule has 1 heterocycles. The molecule has 1 aliphatic heterocycles. The largest absolute Gasteiger partial charge is 0.394 e. The van der Waals surface area contributed by atoms with Crippen LogP contribution in [0.5, 0.6) is 0 Å². The van der Waals surface area contributed by atoms with Crippen LogP contribution in [0.25, 0.3) is 0 Å². The predicted molar refractivity (Wildman–Crippen MR) is 85.9 cm³/mol. The quantitative estimate of drug-likeness (QED) is 0.299. The number of aliphatic hydroxyl groups is 1. The second-order valence-corrected chi connectivity index (χ2v) is 5.72. The van der Waals surface area contributed by atoms with Gasteiger partial charge in [-0.3, -0.25) is 0 Å². The highest BCUT2D eigenvalue weighted by atomic mass is 16.6. The average Bonchev–Trinajstić information content (AvgIpc) is 3.22. The normalized spacial score (nSPS) is 22.1. The minimum absolute atomic E-state index is 0.104. The van der Waals surface area contributed by atoms with Crippen LogP contribution in [-0.2, 0) is 4.74 Å². The molecule has 0 spiro atoms. The van der Waals surface area contributed by atoms with Crippen LogP contribution in [0.15, 0.2) is 24.3 Å². The molecular weight excluding hydrogens is 248 g/mol. The standard InChI is InChI=1S/C18H32O2/c1-2-3-4-5-6-7-8-9-10-11-12-13-14-15-17-18(16-19)20-17/h10-11,13-14,17-19H,2-9,12,15-16H2,1H3/b11-10-,14-13-/t17-,18+/m1/s1. The van der Waals surface area contributed by atoms with E-state index in [4.69, 9.17) is 9.84 Å². The van der Waals surface area contributed by atoms with E-state index in [1.165, 1.54) is 51.4 Å². The Bertz CT molecular complexity index is 271. The molecule has 2 heteroatoms. The van der Waals surface area contributed by atoms with Crippen molar-refractivity contribution in [2.75, 3.05) is 6.61 Å². The summed E-state index contributed by atoms with van der Waals surface area (Å²) in [5, 5.41) is 8.82. The lowest BCUT2D eigenvalue weighted by Gasteiger charge is -1.98. The van der Waals surface area contributed by atoms with Gasteiger partial charge in [-0.1, -0.05) is 69.8 Å². The van der Waals surface area contributed by atoms with E-state index in [1.54, 1.807) is 0 Å². The van der Waals surface area contributed by atoms with Crippen LogP contribution < -0.4 is 0 Å². The summed E-state index contributed by atoms with van der Waals surface area (Å²) in [5.41, 5.74) is 0. The highest BCUT2D eigenvalue weighted by Crippen LogP contribution is 2.24. The number of rotatable bonds is 13. The van der Waals surface area contributed by atoms with Crippen LogP contribution in [0.4, 0.5) is 0 Å². The molecule has 116 valence electrons. The first kappa shape index (κ1) is 17.5. The Kier molecular flexibility index (Phi) is 10.6. The van der Waals surface area contributed by atoms with Crippen LogP contribution >= 0.6 is 0 Å². The Morgan fingerprint density at radius 3 is 2.25 bits per heavy atom. The predicted octanol–water partition coefficient (Wildman–Crippen LogP) is 4.78. The first-order chi connectivity index (χ1) is 9.88. The summed E-state index contributed by atoms with van der Waals surface area (Å²) in [4.78, 5) is 0. The zero-order chi connectivity index (χ0) is 14.5. The van der Waals surface area contributed by atoms with Crippen molar-refractivity contribution in [1.82, 2.24) is 0 Å². The van der Waals surface area contributed by atoms with E-state index in [-0.39, 0.29) is 18.8 Å². The van der Waals surface area contributed by atoms with Crippen molar-refractivity contribution < 1.29 is 9.84 Å². The van der Waals surface area contributed by atoms with Crippen molar-refractivity contribution in [3.63, 3.8) is 0 Å². The Hall–Kier alpha value is -0.600. The number of hydrogen-bond acceptors (Lipinski definition) is 2. The molecule has 0 aromatic carbocycles. The summed E-state index contributed by atoms with van der Waals surface area (Å²) >= 11 is 0. The maximum Gasteiger partial charge on any atom is 0.107 e. The molecule has 0 aromatic rings. The zero-order valence-corrected chi connectivity index (χ0v) is 13.1. The molecule has 1 aliphatic rings. The van der Waals surface area contributed by atoms with E-state index < -0.39 is 0 Å². The maximum atomic E-state index is 8.82. The van der Waals surface area contributed by atoms with Gasteiger partial charge in [0.25, 0.3) is 0 Å². The molecule has 0 aliphatic carbocycles. The Morgan fingerprint density at radius 2 is 1.55 bits per heavy atom. The van der Waals surface area contributed by atoms with Gasteiger partial charge in [-0.15, -0.1) is 0 Å². The number of aliphatic hydroxyl groups excluding tert-OH is 1. The molecule has 0 saturated carbocycles. The second-order valence-electron chi connectivity index (χ2n) is 5.72. The zero-order valence-electron chi connectivity index (χ0n) is 13.1. The number of hydrogen-bond donors (Lipinski definition) is 1. The lowest BCUT2D eigenvalue weighted by atomic mass is 10.1. The topological polar surface area (TPSA) is 32.8 Å². The lowest BCUT2D eigenvalue weighted by Crippen LogP contribution is -1.97. The van der Waals surface area contributed by atoms with E-state index in [1.807, 2.05) is 0 Å². The van der Waals surface area contributed by atoms with E-state index in [9.17, 15) is 0 Å². The molecule has 1 saturated heterocycles. The highest BCUT2D eigenvalue weighted by molar-refractivity contribution is 4.97. The maximum absolute atomic E-state index is 8.82. The molecule has 1 N–H and O–H groups in total. The summed E-state index contributed by atoms with van der Waals surface area (Å²) in [5.74, 6) is 0. The van der Waals surface area contributed by atoms with Gasteiger partial charge in [-0.2, -0.15) is 0 Å². The Morgan fingerprint density at radius 1 is 0.850 bits per heavy atom. The van der Waals surface area contributed by atoms with Gasteiger partial charge >= 0.3 is 0 Å². The van der Waals surface area contributed by atoms with Crippen LogP contribution in [0, 0.1) is 0 Å². The van der Waals surface area contributed by atoms with Crippen LogP contribution in [0.2, 0.25) is 0 Å². The number of epoxide rings is 1. The Labute approximate surface area is 124 Å². The first-order valence-corrected chi connectivity index (χ1v) is 8.44. The van der Waals surface area contributed by atoms with Crippen molar-refractivity contribution in [2.45, 2.75) is 83.3 Å². The minimum Gasteiger partial charge on any atom is -0.394 e. The van der Waals surface area contributed by atoms with Crippen LogP contribution in [0.3, 0.4) is 0 Å². The number of ether oxygens (including phenoxy) is 1. The van der Waals surface area contributed by atoms with Crippen molar-refractivity contribution in [3.8, 4) is 0 Å². The monoisotopic (exact) mass is 280 g/mol. The third-order valence-electron chi connectivity index (χ3n) is 3.82. The summed E-state index contributed by atoms with van der Waals surface area (Å²) in [6, 6.07) is 0. The second kappa shape index (κ2) is 12.2. The molecule has 0 radical (unpaired) electrons. The SMILES string of the molecule is CCCCCCCCC/C=C\C/C=C\C[C@H]1O[C@H]1CO. The van der Waals surface area contributed by atoms with Crippen molar-refractivity contribution in [3.05, 3.63) is 24.3 Å². The molecule has 2 atom stereocenters. The molecule has 0 aromatic heterocycles. The molecule has 0 bridgehead atoms. The Balaban J connectivity index is 1.79. The van der Waals surface area contributed by atoms with E-state index >= 15 is 0 Å². The number of unbranched alkanes of at least 4 members (excludes halogenated alkanes) is 7.